The predicted molar refractivity (Wildman–Crippen MR) is 161 cm³/mol. The molecular weight excluding hydrogens is 456 g/mol. The van der Waals surface area contributed by atoms with E-state index in [1.54, 1.807) is 5.56 Å². The van der Waals surface area contributed by atoms with Crippen molar-refractivity contribution < 1.29 is 0 Å². The molecule has 0 heteroatoms. The van der Waals surface area contributed by atoms with E-state index in [0.29, 0.717) is 5.41 Å². The minimum absolute atomic E-state index is 0.0843. The Morgan fingerprint density at radius 2 is 0.974 bits per heavy atom. The van der Waals surface area contributed by atoms with Crippen LogP contribution in [-0.4, -0.2) is 0 Å². The fraction of sp³-hybridized carbons (Fsp3) is 0.368. The molecule has 4 fully saturated rings. The molecule has 0 aromatic heterocycles. The molecule has 0 atom stereocenters. The van der Waals surface area contributed by atoms with Crippen molar-refractivity contribution >= 4 is 0 Å². The third-order valence-corrected chi connectivity index (χ3v) is 9.97. The third kappa shape index (κ3) is 4.33. The zero-order valence-corrected chi connectivity index (χ0v) is 23.2. The highest BCUT2D eigenvalue weighted by Gasteiger charge is 2.51. The summed E-state index contributed by atoms with van der Waals surface area (Å²) in [7, 11) is 0. The van der Waals surface area contributed by atoms with Crippen LogP contribution in [0.5, 0.6) is 0 Å². The van der Waals surface area contributed by atoms with Gasteiger partial charge >= 0.3 is 0 Å². The van der Waals surface area contributed by atoms with Crippen molar-refractivity contribution in [2.45, 2.75) is 70.1 Å². The van der Waals surface area contributed by atoms with Crippen LogP contribution in [0.25, 0.3) is 33.4 Å². The first-order chi connectivity index (χ1) is 18.3. The summed E-state index contributed by atoms with van der Waals surface area (Å²) in [4.78, 5) is 0. The molecule has 38 heavy (non-hydrogen) atoms. The summed E-state index contributed by atoms with van der Waals surface area (Å²) in [6, 6.07) is 36.8. The Kier molecular flexibility index (Phi) is 5.66. The van der Waals surface area contributed by atoms with Crippen molar-refractivity contribution in [3.63, 3.8) is 0 Å². The van der Waals surface area contributed by atoms with Gasteiger partial charge in [0.25, 0.3) is 0 Å². The quantitative estimate of drug-likeness (QED) is 0.263. The summed E-state index contributed by atoms with van der Waals surface area (Å²) in [6.45, 7) is 6.98. The smallest absolute Gasteiger partial charge is 0.00391 e. The largest absolute Gasteiger partial charge is 0.0622 e. The maximum atomic E-state index is 2.49. The van der Waals surface area contributed by atoms with E-state index in [-0.39, 0.29) is 5.41 Å². The normalized spacial score (nSPS) is 26.0. The van der Waals surface area contributed by atoms with Crippen LogP contribution in [0.1, 0.15) is 70.4 Å². The molecule has 0 saturated heterocycles. The van der Waals surface area contributed by atoms with Gasteiger partial charge in [-0.25, -0.2) is 0 Å². The van der Waals surface area contributed by atoms with Crippen LogP contribution in [0.15, 0.2) is 97.1 Å². The second-order valence-electron chi connectivity index (χ2n) is 13.8. The average molecular weight is 497 g/mol. The monoisotopic (exact) mass is 496 g/mol. The molecule has 0 nitrogen and oxygen atoms in total. The van der Waals surface area contributed by atoms with E-state index in [1.165, 1.54) is 77.5 Å². The van der Waals surface area contributed by atoms with Crippen LogP contribution in [0.2, 0.25) is 0 Å². The fourth-order valence-corrected chi connectivity index (χ4v) is 8.38. The summed E-state index contributed by atoms with van der Waals surface area (Å²) in [6.07, 6.45) is 8.81. The molecule has 4 saturated carbocycles. The molecule has 4 bridgehead atoms. The molecule has 0 N–H and O–H groups in total. The van der Waals surface area contributed by atoms with Gasteiger partial charge in [-0.15, -0.1) is 0 Å². The fourth-order valence-electron chi connectivity index (χ4n) is 8.38. The van der Waals surface area contributed by atoms with Crippen LogP contribution < -0.4 is 0 Å². The maximum Gasteiger partial charge on any atom is -0.00391 e. The van der Waals surface area contributed by atoms with Gasteiger partial charge in [0.05, 0.1) is 0 Å². The predicted octanol–water partition coefficient (Wildman–Crippen LogP) is 10.5. The molecule has 0 radical (unpaired) electrons. The number of rotatable bonds is 4. The first kappa shape index (κ1) is 24.0. The molecule has 4 aliphatic rings. The van der Waals surface area contributed by atoms with Crippen molar-refractivity contribution in [2.24, 2.45) is 17.8 Å². The zero-order valence-electron chi connectivity index (χ0n) is 23.2. The second-order valence-corrected chi connectivity index (χ2v) is 13.8. The number of hydrogen-bond donors (Lipinski definition) is 0. The van der Waals surface area contributed by atoms with Gasteiger partial charge < -0.3 is 0 Å². The summed E-state index contributed by atoms with van der Waals surface area (Å²) in [5, 5.41) is 0. The lowest BCUT2D eigenvalue weighted by molar-refractivity contribution is -0.00518. The van der Waals surface area contributed by atoms with Gasteiger partial charge in [-0.1, -0.05) is 106 Å². The molecule has 4 aromatic carbocycles. The second kappa shape index (κ2) is 8.98. The lowest BCUT2D eigenvalue weighted by Crippen LogP contribution is -2.48. The van der Waals surface area contributed by atoms with E-state index in [4.69, 9.17) is 0 Å². The molecular formula is C38H40. The maximum absolute atomic E-state index is 2.49. The first-order valence-corrected chi connectivity index (χ1v) is 14.8. The Hall–Kier alpha value is -3.12. The molecule has 0 amide bonds. The Bertz CT molecular complexity index is 1410. The van der Waals surface area contributed by atoms with Crippen molar-refractivity contribution in [1.82, 2.24) is 0 Å². The topological polar surface area (TPSA) is 0 Å². The average Bonchev–Trinajstić information content (AvgIpc) is 2.92. The van der Waals surface area contributed by atoms with Gasteiger partial charge in [-0.3, -0.25) is 0 Å². The van der Waals surface area contributed by atoms with Crippen molar-refractivity contribution in [3.05, 3.63) is 108 Å². The van der Waals surface area contributed by atoms with Crippen LogP contribution in [0.4, 0.5) is 0 Å². The van der Waals surface area contributed by atoms with E-state index in [9.17, 15) is 0 Å². The number of hydrogen-bond acceptors (Lipinski definition) is 0. The molecule has 8 rings (SSSR count). The standard InChI is InChI=1S/C38H40/c1-37(2,3)36-21-33(20-34(22-36)32-11-7-10-31(19-32)29-8-5-4-6-9-29)30-12-14-35(15-13-30)38-23-26-16-27(24-38)18-28(17-26)25-38/h4-15,19-22,26-28H,16-18,23-25H2,1-3H3. The lowest BCUT2D eigenvalue weighted by Gasteiger charge is -2.57. The molecule has 0 heterocycles. The highest BCUT2D eigenvalue weighted by Crippen LogP contribution is 2.60. The van der Waals surface area contributed by atoms with E-state index in [2.05, 4.69) is 118 Å². The SMILES string of the molecule is CC(C)(C)c1cc(-c2ccc(C34CC5CC(CC(C5)C3)C4)cc2)cc(-c2cccc(-c3ccccc3)c2)c1. The minimum atomic E-state index is 0.0843. The minimum Gasteiger partial charge on any atom is -0.0622 e. The molecule has 4 aromatic rings. The van der Waals surface area contributed by atoms with Gasteiger partial charge in [0, 0.05) is 0 Å². The molecule has 0 unspecified atom stereocenters. The van der Waals surface area contributed by atoms with Crippen LogP contribution in [-0.2, 0) is 10.8 Å². The Labute approximate surface area is 229 Å². The lowest BCUT2D eigenvalue weighted by atomic mass is 9.48. The van der Waals surface area contributed by atoms with Gasteiger partial charge in [0.2, 0.25) is 0 Å². The van der Waals surface area contributed by atoms with Crippen molar-refractivity contribution in [3.8, 4) is 33.4 Å². The molecule has 4 aliphatic carbocycles. The molecule has 192 valence electrons. The Morgan fingerprint density at radius 3 is 1.55 bits per heavy atom. The van der Waals surface area contributed by atoms with E-state index < -0.39 is 0 Å². The van der Waals surface area contributed by atoms with Gasteiger partial charge in [0.15, 0.2) is 0 Å². The van der Waals surface area contributed by atoms with E-state index in [1.807, 2.05) is 0 Å². The van der Waals surface area contributed by atoms with Crippen LogP contribution in [0.3, 0.4) is 0 Å². The zero-order chi connectivity index (χ0) is 25.9. The third-order valence-electron chi connectivity index (χ3n) is 9.97. The van der Waals surface area contributed by atoms with Gasteiger partial charge in [0.1, 0.15) is 0 Å². The van der Waals surface area contributed by atoms with Gasteiger partial charge in [-0.05, 0) is 124 Å². The van der Waals surface area contributed by atoms with E-state index in [0.717, 1.165) is 17.8 Å². The molecule has 0 aliphatic heterocycles. The first-order valence-electron chi connectivity index (χ1n) is 14.8. The number of benzene rings is 4. The highest BCUT2D eigenvalue weighted by molar-refractivity contribution is 5.78. The van der Waals surface area contributed by atoms with E-state index >= 15 is 0 Å². The van der Waals surface area contributed by atoms with Crippen LogP contribution >= 0.6 is 0 Å². The summed E-state index contributed by atoms with van der Waals surface area (Å²) in [5.74, 6) is 2.95. The van der Waals surface area contributed by atoms with Gasteiger partial charge in [-0.2, -0.15) is 0 Å². The Morgan fingerprint density at radius 1 is 0.500 bits per heavy atom. The van der Waals surface area contributed by atoms with Crippen molar-refractivity contribution in [2.75, 3.05) is 0 Å². The van der Waals surface area contributed by atoms with Crippen molar-refractivity contribution in [1.29, 1.82) is 0 Å². The highest BCUT2D eigenvalue weighted by atomic mass is 14.6. The summed E-state index contributed by atoms with van der Waals surface area (Å²) in [5.41, 5.74) is 11.3. The Balaban J connectivity index is 1.26. The summed E-state index contributed by atoms with van der Waals surface area (Å²) < 4.78 is 0. The molecule has 0 spiro atoms. The van der Waals surface area contributed by atoms with Crippen LogP contribution in [0, 0.1) is 17.8 Å². The summed E-state index contributed by atoms with van der Waals surface area (Å²) >= 11 is 0.